The molecule has 0 N–H and O–H groups in total. The van der Waals surface area contributed by atoms with Gasteiger partial charge >= 0.3 is 0 Å². The van der Waals surface area contributed by atoms with E-state index < -0.39 is 0 Å². The van der Waals surface area contributed by atoms with Crippen LogP contribution in [0.2, 0.25) is 0 Å². The zero-order valence-electron chi connectivity index (χ0n) is 6.61. The van der Waals surface area contributed by atoms with Crippen LogP contribution in [0.3, 0.4) is 0 Å². The van der Waals surface area contributed by atoms with Crippen LogP contribution in [0.15, 0.2) is 41.1 Å². The number of rotatable bonds is 1. The molecular formula is C9H6BrFN2. The molecule has 0 bridgehead atoms. The van der Waals surface area contributed by atoms with E-state index in [1.807, 2.05) is 6.07 Å². The van der Waals surface area contributed by atoms with Crippen molar-refractivity contribution in [3.63, 3.8) is 0 Å². The summed E-state index contributed by atoms with van der Waals surface area (Å²) in [4.78, 5) is 0. The number of aromatic nitrogens is 2. The SMILES string of the molecule is Fc1ccc(-n2cccn2)c(Br)c1. The van der Waals surface area contributed by atoms with Gasteiger partial charge in [-0.3, -0.25) is 0 Å². The summed E-state index contributed by atoms with van der Waals surface area (Å²) in [5, 5.41) is 4.04. The van der Waals surface area contributed by atoms with Crippen LogP contribution in [0.25, 0.3) is 5.69 Å². The molecule has 66 valence electrons. The van der Waals surface area contributed by atoms with Crippen LogP contribution in [0.1, 0.15) is 0 Å². The molecule has 0 saturated heterocycles. The Hall–Kier alpha value is -1.16. The maximum Gasteiger partial charge on any atom is 0.124 e. The molecule has 0 aliphatic carbocycles. The number of nitrogens with zero attached hydrogens (tertiary/aromatic N) is 2. The Morgan fingerprint density at radius 1 is 1.38 bits per heavy atom. The van der Waals surface area contributed by atoms with Gasteiger partial charge in [-0.15, -0.1) is 0 Å². The normalized spacial score (nSPS) is 10.3. The lowest BCUT2D eigenvalue weighted by atomic mass is 10.3. The summed E-state index contributed by atoms with van der Waals surface area (Å²) in [7, 11) is 0. The van der Waals surface area contributed by atoms with E-state index in [0.29, 0.717) is 4.47 Å². The zero-order chi connectivity index (χ0) is 9.26. The highest BCUT2D eigenvalue weighted by Gasteiger charge is 2.02. The first kappa shape index (κ1) is 8.44. The second-order valence-electron chi connectivity index (χ2n) is 2.55. The van der Waals surface area contributed by atoms with Crippen LogP contribution < -0.4 is 0 Å². The van der Waals surface area contributed by atoms with Gasteiger partial charge < -0.3 is 0 Å². The monoisotopic (exact) mass is 240 g/mol. The molecule has 0 amide bonds. The summed E-state index contributed by atoms with van der Waals surface area (Å²) in [6.07, 6.45) is 3.48. The third kappa shape index (κ3) is 1.62. The molecule has 0 aliphatic rings. The highest BCUT2D eigenvalue weighted by molar-refractivity contribution is 9.10. The third-order valence-corrected chi connectivity index (χ3v) is 2.30. The van der Waals surface area contributed by atoms with Gasteiger partial charge in [0.2, 0.25) is 0 Å². The molecule has 1 aromatic carbocycles. The Bertz CT molecular complexity index is 412. The Balaban J connectivity index is 2.53. The highest BCUT2D eigenvalue weighted by Crippen LogP contribution is 2.20. The Kier molecular flexibility index (Phi) is 2.14. The molecule has 0 saturated carbocycles. The van der Waals surface area contributed by atoms with Crippen LogP contribution >= 0.6 is 15.9 Å². The van der Waals surface area contributed by atoms with Crippen molar-refractivity contribution in [1.82, 2.24) is 9.78 Å². The summed E-state index contributed by atoms with van der Waals surface area (Å²) >= 11 is 3.27. The molecule has 13 heavy (non-hydrogen) atoms. The molecule has 0 spiro atoms. The van der Waals surface area contributed by atoms with E-state index in [0.717, 1.165) is 5.69 Å². The molecule has 0 fully saturated rings. The number of benzene rings is 1. The number of hydrogen-bond acceptors (Lipinski definition) is 1. The quantitative estimate of drug-likeness (QED) is 0.750. The maximum atomic E-state index is 12.7. The molecule has 0 unspecified atom stereocenters. The van der Waals surface area contributed by atoms with Gasteiger partial charge in [0.15, 0.2) is 0 Å². The van der Waals surface area contributed by atoms with Gasteiger partial charge in [0.25, 0.3) is 0 Å². The Labute approximate surface area is 83.1 Å². The first-order valence-electron chi connectivity index (χ1n) is 3.72. The molecule has 1 aromatic heterocycles. The second-order valence-corrected chi connectivity index (χ2v) is 3.40. The maximum absolute atomic E-state index is 12.7. The molecule has 1 heterocycles. The topological polar surface area (TPSA) is 17.8 Å². The standard InChI is InChI=1S/C9H6BrFN2/c10-8-6-7(11)2-3-9(8)13-5-1-4-12-13/h1-6H. The van der Waals surface area contributed by atoms with Crippen LogP contribution in [-0.2, 0) is 0 Å². The third-order valence-electron chi connectivity index (χ3n) is 1.66. The van der Waals surface area contributed by atoms with Gasteiger partial charge in [0.1, 0.15) is 5.82 Å². The van der Waals surface area contributed by atoms with Crippen molar-refractivity contribution in [3.05, 3.63) is 46.9 Å². The predicted molar refractivity (Wildman–Crippen MR) is 51.2 cm³/mol. The fourth-order valence-corrected chi connectivity index (χ4v) is 1.61. The highest BCUT2D eigenvalue weighted by atomic mass is 79.9. The number of halogens is 2. The summed E-state index contributed by atoms with van der Waals surface area (Å²) in [5.74, 6) is -0.261. The summed E-state index contributed by atoms with van der Waals surface area (Å²) in [5.41, 5.74) is 0.825. The van der Waals surface area contributed by atoms with Crippen LogP contribution in [0.5, 0.6) is 0 Å². The molecule has 2 nitrogen and oxygen atoms in total. The smallest absolute Gasteiger partial charge is 0.124 e. The first-order chi connectivity index (χ1) is 6.27. The van der Waals surface area contributed by atoms with E-state index in [2.05, 4.69) is 21.0 Å². The lowest BCUT2D eigenvalue weighted by Crippen LogP contribution is -1.95. The van der Waals surface area contributed by atoms with Gasteiger partial charge in [-0.25, -0.2) is 9.07 Å². The molecule has 2 aromatic rings. The van der Waals surface area contributed by atoms with Crippen molar-refractivity contribution in [1.29, 1.82) is 0 Å². The molecule has 0 atom stereocenters. The lowest BCUT2D eigenvalue weighted by Gasteiger charge is -2.03. The minimum absolute atomic E-state index is 0.261. The number of hydrogen-bond donors (Lipinski definition) is 0. The van der Waals surface area contributed by atoms with E-state index in [1.54, 1.807) is 23.1 Å². The van der Waals surface area contributed by atoms with Crippen molar-refractivity contribution < 1.29 is 4.39 Å². The molecule has 0 radical (unpaired) electrons. The minimum atomic E-state index is -0.261. The van der Waals surface area contributed by atoms with E-state index in [9.17, 15) is 4.39 Å². The Morgan fingerprint density at radius 3 is 2.85 bits per heavy atom. The average Bonchev–Trinajstić information content (AvgIpc) is 2.56. The fourth-order valence-electron chi connectivity index (χ4n) is 1.08. The molecular weight excluding hydrogens is 235 g/mol. The average molecular weight is 241 g/mol. The first-order valence-corrected chi connectivity index (χ1v) is 4.52. The minimum Gasteiger partial charge on any atom is -0.240 e. The van der Waals surface area contributed by atoms with Crippen molar-refractivity contribution in [2.75, 3.05) is 0 Å². The fraction of sp³-hybridized carbons (Fsp3) is 0. The van der Waals surface area contributed by atoms with Gasteiger partial charge in [0, 0.05) is 16.9 Å². The van der Waals surface area contributed by atoms with Crippen molar-refractivity contribution in [3.8, 4) is 5.69 Å². The van der Waals surface area contributed by atoms with Gasteiger partial charge in [-0.1, -0.05) is 0 Å². The molecule has 2 rings (SSSR count). The Morgan fingerprint density at radius 2 is 2.23 bits per heavy atom. The van der Waals surface area contributed by atoms with Crippen molar-refractivity contribution in [2.45, 2.75) is 0 Å². The summed E-state index contributed by atoms with van der Waals surface area (Å²) < 4.78 is 15.1. The predicted octanol–water partition coefficient (Wildman–Crippen LogP) is 2.77. The van der Waals surface area contributed by atoms with E-state index in [1.165, 1.54) is 12.1 Å². The van der Waals surface area contributed by atoms with E-state index >= 15 is 0 Å². The van der Waals surface area contributed by atoms with Crippen LogP contribution in [0, 0.1) is 5.82 Å². The van der Waals surface area contributed by atoms with E-state index in [-0.39, 0.29) is 5.82 Å². The summed E-state index contributed by atoms with van der Waals surface area (Å²) in [6, 6.07) is 6.31. The van der Waals surface area contributed by atoms with Gasteiger partial charge in [-0.05, 0) is 40.2 Å². The van der Waals surface area contributed by atoms with Crippen molar-refractivity contribution >= 4 is 15.9 Å². The molecule has 0 aliphatic heterocycles. The van der Waals surface area contributed by atoms with Crippen molar-refractivity contribution in [2.24, 2.45) is 0 Å². The van der Waals surface area contributed by atoms with Gasteiger partial charge in [-0.2, -0.15) is 5.10 Å². The second kappa shape index (κ2) is 3.30. The molecule has 4 heteroatoms. The van der Waals surface area contributed by atoms with Gasteiger partial charge in [0.05, 0.1) is 5.69 Å². The van der Waals surface area contributed by atoms with Crippen LogP contribution in [-0.4, -0.2) is 9.78 Å². The van der Waals surface area contributed by atoms with E-state index in [4.69, 9.17) is 0 Å². The summed E-state index contributed by atoms with van der Waals surface area (Å²) in [6.45, 7) is 0. The van der Waals surface area contributed by atoms with Crippen LogP contribution in [0.4, 0.5) is 4.39 Å². The lowest BCUT2D eigenvalue weighted by molar-refractivity contribution is 0.626. The zero-order valence-corrected chi connectivity index (χ0v) is 8.20. The largest absolute Gasteiger partial charge is 0.240 e.